The Labute approximate surface area is 245 Å². The second-order valence-corrected chi connectivity index (χ2v) is 9.38. The quantitative estimate of drug-likeness (QED) is 0.294. The number of pyridine rings is 1. The predicted molar refractivity (Wildman–Crippen MR) is 153 cm³/mol. The molecule has 0 atom stereocenters. The summed E-state index contributed by atoms with van der Waals surface area (Å²) in [5, 5.41) is 9.26. The zero-order valence-electron chi connectivity index (χ0n) is 24.1. The number of hydrogen-bond donors (Lipinski definition) is 2. The van der Waals surface area contributed by atoms with Crippen molar-refractivity contribution >= 4 is 28.8 Å². The number of hydrogen-bond acceptors (Lipinski definition) is 9. The maximum atomic E-state index is 14.7. The Bertz CT molecular complexity index is 1620. The van der Waals surface area contributed by atoms with Gasteiger partial charge in [-0.05, 0) is 24.7 Å². The van der Waals surface area contributed by atoms with E-state index in [4.69, 9.17) is 15.2 Å². The second-order valence-electron chi connectivity index (χ2n) is 9.38. The van der Waals surface area contributed by atoms with Crippen LogP contribution in [-0.2, 0) is 11.3 Å². The fraction of sp³-hybridized carbons (Fsp3) is 0.241. The molecule has 14 heteroatoms. The lowest BCUT2D eigenvalue weighted by atomic mass is 9.99. The summed E-state index contributed by atoms with van der Waals surface area (Å²) >= 11 is 0. The summed E-state index contributed by atoms with van der Waals surface area (Å²) in [6.45, 7) is 0.927. The molecule has 2 aromatic carbocycles. The summed E-state index contributed by atoms with van der Waals surface area (Å²) in [5.74, 6) is -4.05. The molecule has 4 rings (SSSR count). The molecule has 0 fully saturated rings. The third kappa shape index (κ3) is 7.54. The largest absolute Gasteiger partial charge is 0.494 e. The van der Waals surface area contributed by atoms with Crippen molar-refractivity contribution in [3.05, 3.63) is 77.4 Å². The molecule has 0 bridgehead atoms. The maximum Gasteiger partial charge on any atom is 0.337 e. The van der Waals surface area contributed by atoms with Crippen molar-refractivity contribution in [1.82, 2.24) is 24.8 Å². The molecule has 2 heterocycles. The first-order chi connectivity index (χ1) is 20.4. The van der Waals surface area contributed by atoms with E-state index in [-0.39, 0.29) is 45.3 Å². The molecular formula is C29H30F2N6O6. The number of amides is 2. The molecule has 0 saturated carbocycles. The van der Waals surface area contributed by atoms with E-state index in [0.717, 1.165) is 11.6 Å². The topological polar surface area (TPSA) is 161 Å². The van der Waals surface area contributed by atoms with Crippen molar-refractivity contribution in [2.45, 2.75) is 6.54 Å². The van der Waals surface area contributed by atoms with Crippen LogP contribution in [0.1, 0.15) is 26.4 Å². The van der Waals surface area contributed by atoms with Crippen molar-refractivity contribution < 1.29 is 37.7 Å². The highest BCUT2D eigenvalue weighted by Crippen LogP contribution is 2.40. The Morgan fingerprint density at radius 1 is 0.907 bits per heavy atom. The summed E-state index contributed by atoms with van der Waals surface area (Å²) in [4.78, 5) is 49.1. The van der Waals surface area contributed by atoms with E-state index in [9.17, 15) is 28.3 Å². The van der Waals surface area contributed by atoms with Gasteiger partial charge in [0.25, 0.3) is 5.91 Å². The zero-order chi connectivity index (χ0) is 31.8. The molecule has 12 nitrogen and oxygen atoms in total. The van der Waals surface area contributed by atoms with Crippen molar-refractivity contribution in [1.29, 1.82) is 0 Å². The number of rotatable bonds is 9. The number of carboxylic acids is 1. The van der Waals surface area contributed by atoms with Gasteiger partial charge in [0.05, 0.1) is 37.4 Å². The number of nitrogens with zero attached hydrogens (tertiary/aromatic N) is 5. The van der Waals surface area contributed by atoms with Gasteiger partial charge < -0.3 is 25.2 Å². The highest BCUT2D eigenvalue weighted by molar-refractivity contribution is 6.05. The van der Waals surface area contributed by atoms with Gasteiger partial charge >= 0.3 is 5.97 Å². The zero-order valence-corrected chi connectivity index (χ0v) is 24.1. The van der Waals surface area contributed by atoms with Crippen LogP contribution in [-0.4, -0.2) is 89.5 Å². The highest BCUT2D eigenvalue weighted by Gasteiger charge is 2.25. The van der Waals surface area contributed by atoms with Crippen LogP contribution >= 0.6 is 0 Å². The first kappa shape index (κ1) is 32.3. The van der Waals surface area contributed by atoms with E-state index in [1.165, 1.54) is 38.7 Å². The number of aromatic nitrogens is 3. The molecule has 0 aliphatic rings. The first-order valence-electron chi connectivity index (χ1n) is 12.6. The lowest BCUT2D eigenvalue weighted by Gasteiger charge is -2.18. The van der Waals surface area contributed by atoms with Crippen molar-refractivity contribution in [3.63, 3.8) is 0 Å². The normalized spacial score (nSPS) is 10.6. The number of ether oxygens (including phenoxy) is 2. The van der Waals surface area contributed by atoms with Crippen molar-refractivity contribution in [2.24, 2.45) is 5.73 Å². The van der Waals surface area contributed by atoms with Crippen LogP contribution in [0.3, 0.4) is 0 Å². The number of halogens is 2. The van der Waals surface area contributed by atoms with Gasteiger partial charge in [0.1, 0.15) is 11.2 Å². The summed E-state index contributed by atoms with van der Waals surface area (Å²) in [5.41, 5.74) is 5.83. The Morgan fingerprint density at radius 2 is 1.51 bits per heavy atom. The molecule has 0 saturated heterocycles. The molecule has 0 spiro atoms. The summed E-state index contributed by atoms with van der Waals surface area (Å²) in [7, 11) is 7.78. The molecule has 4 aromatic rings. The monoisotopic (exact) mass is 596 g/mol. The first-order valence-corrected chi connectivity index (χ1v) is 12.6. The number of nitrogens with two attached hydrogens (primary N) is 1. The number of likely N-dealkylation sites (N-methyl/N-ethyl adjacent to an activating group) is 2. The van der Waals surface area contributed by atoms with E-state index < -0.39 is 29.1 Å². The van der Waals surface area contributed by atoms with Crippen LogP contribution in [0, 0.1) is 11.6 Å². The number of benzene rings is 2. The molecule has 0 unspecified atom stereocenters. The lowest BCUT2D eigenvalue weighted by molar-refractivity contribution is -0.129. The molecular weight excluding hydrogens is 566 g/mol. The van der Waals surface area contributed by atoms with Crippen LogP contribution in [0.2, 0.25) is 0 Å². The second kappa shape index (κ2) is 14.1. The highest BCUT2D eigenvalue weighted by atomic mass is 19.1. The van der Waals surface area contributed by atoms with Gasteiger partial charge in [-0.3, -0.25) is 29.4 Å². The van der Waals surface area contributed by atoms with Gasteiger partial charge in [-0.25, -0.2) is 13.6 Å². The summed E-state index contributed by atoms with van der Waals surface area (Å²) < 4.78 is 39.3. The minimum absolute atomic E-state index is 0.0214. The maximum absolute atomic E-state index is 14.7. The predicted octanol–water partition coefficient (Wildman–Crippen LogP) is 2.99. The SMILES string of the molecule is CN(CC(=O)N(C)C)Cc1ccc(C(N)=O)nc1.COc1cc(OC)c(F)c(-c2ccc(C(=O)O)c3nccnc23)c1F. The van der Waals surface area contributed by atoms with E-state index in [1.807, 2.05) is 11.9 Å². The fourth-order valence-electron chi connectivity index (χ4n) is 3.96. The number of carboxylic acid groups (broad SMARTS) is 1. The fourth-order valence-corrected chi connectivity index (χ4v) is 3.96. The van der Waals surface area contributed by atoms with Gasteiger partial charge in [-0.15, -0.1) is 0 Å². The van der Waals surface area contributed by atoms with Gasteiger partial charge in [0.2, 0.25) is 5.91 Å². The molecule has 0 aliphatic carbocycles. The Morgan fingerprint density at radius 3 is 2.00 bits per heavy atom. The van der Waals surface area contributed by atoms with E-state index in [1.54, 1.807) is 37.3 Å². The van der Waals surface area contributed by atoms with Crippen LogP contribution in [0.4, 0.5) is 8.78 Å². The molecule has 2 amide bonds. The Kier molecular flexibility index (Phi) is 10.6. The standard InChI is InChI=1S/C17H12F2N2O4.C12H18N4O2/c1-24-10-7-11(25-2)14(19)12(13(10)18)8-3-4-9(17(22)23)16-15(8)20-5-6-21-16;1-15(2)11(17)8-16(3)7-9-4-5-10(12(13)18)14-6-9/h3-7H,1-2H3,(H,22,23);4-6H,7-8H2,1-3H3,(H2,13,18). The molecule has 0 radical (unpaired) electrons. The summed E-state index contributed by atoms with van der Waals surface area (Å²) in [6, 6.07) is 6.96. The summed E-state index contributed by atoms with van der Waals surface area (Å²) in [6.07, 6.45) is 4.21. The Hall–Kier alpha value is -5.24. The number of carbonyl (C=O) groups is 3. The minimum atomic E-state index is -1.22. The smallest absolute Gasteiger partial charge is 0.337 e. The van der Waals surface area contributed by atoms with Gasteiger partial charge in [0, 0.05) is 50.9 Å². The third-order valence-corrected chi connectivity index (χ3v) is 6.13. The lowest BCUT2D eigenvalue weighted by Crippen LogP contribution is -2.34. The molecule has 3 N–H and O–H groups in total. The average molecular weight is 597 g/mol. The molecule has 226 valence electrons. The van der Waals surface area contributed by atoms with Crippen LogP contribution < -0.4 is 15.2 Å². The number of fused-ring (bicyclic) bond motifs is 1. The van der Waals surface area contributed by atoms with Crippen LogP contribution in [0.15, 0.2) is 48.9 Å². The van der Waals surface area contributed by atoms with Gasteiger partial charge in [-0.1, -0.05) is 12.1 Å². The minimum Gasteiger partial charge on any atom is -0.494 e. The van der Waals surface area contributed by atoms with Gasteiger partial charge in [-0.2, -0.15) is 0 Å². The number of carbonyl (C=O) groups excluding carboxylic acids is 2. The van der Waals surface area contributed by atoms with Crippen molar-refractivity contribution in [3.8, 4) is 22.6 Å². The van der Waals surface area contributed by atoms with Crippen molar-refractivity contribution in [2.75, 3.05) is 41.9 Å². The average Bonchev–Trinajstić information content (AvgIpc) is 2.97. The number of primary amides is 1. The molecule has 2 aromatic heterocycles. The Balaban J connectivity index is 0.000000250. The van der Waals surface area contributed by atoms with E-state index in [0.29, 0.717) is 13.1 Å². The van der Waals surface area contributed by atoms with Crippen LogP contribution in [0.5, 0.6) is 11.5 Å². The third-order valence-electron chi connectivity index (χ3n) is 6.13. The number of aromatic carboxylic acids is 1. The van der Waals surface area contributed by atoms with Crippen LogP contribution in [0.25, 0.3) is 22.2 Å². The van der Waals surface area contributed by atoms with E-state index in [2.05, 4.69) is 15.0 Å². The molecule has 0 aliphatic heterocycles. The number of methoxy groups -OCH3 is 2. The van der Waals surface area contributed by atoms with Gasteiger partial charge in [0.15, 0.2) is 23.1 Å². The van der Waals surface area contributed by atoms with E-state index >= 15 is 0 Å². The molecule has 43 heavy (non-hydrogen) atoms.